The maximum Gasteiger partial charge on any atom is 0.0966 e. The summed E-state index contributed by atoms with van der Waals surface area (Å²) in [5.41, 5.74) is 0.847. The third-order valence-corrected chi connectivity index (χ3v) is 2.21. The van der Waals surface area contributed by atoms with Crippen LogP contribution in [0.4, 0.5) is 0 Å². The molecule has 64 valence electrons. The zero-order chi connectivity index (χ0) is 9.68. The first-order chi connectivity index (χ1) is 6.24. The molecule has 0 bridgehead atoms. The summed E-state index contributed by atoms with van der Waals surface area (Å²) in [6, 6.07) is 7.31. The van der Waals surface area contributed by atoms with Crippen LogP contribution in [0.5, 0.6) is 0 Å². The lowest BCUT2D eigenvalue weighted by Crippen LogP contribution is -1.76. The molecule has 0 aliphatic rings. The minimum absolute atomic E-state index is 0.245. The second-order valence-electron chi connectivity index (χ2n) is 2.26. The van der Waals surface area contributed by atoms with Gasteiger partial charge >= 0.3 is 0 Å². The molecule has 1 nitrogen and oxygen atoms in total. The molecule has 0 aliphatic carbocycles. The van der Waals surface area contributed by atoms with Crippen molar-refractivity contribution < 1.29 is 0 Å². The normalized spacial score (nSPS) is 8.38. The first-order valence-electron chi connectivity index (χ1n) is 3.55. The molecule has 0 amide bonds. The molecule has 0 atom stereocenters. The van der Waals surface area contributed by atoms with Gasteiger partial charge in [0.05, 0.1) is 12.5 Å². The molecule has 1 aromatic rings. The molecule has 0 spiro atoms. The molecule has 13 heavy (non-hydrogen) atoms. The van der Waals surface area contributed by atoms with Gasteiger partial charge in [-0.05, 0) is 34.1 Å². The lowest BCUT2D eigenvalue weighted by Gasteiger charge is -1.95. The van der Waals surface area contributed by atoms with Crippen LogP contribution in [0.15, 0.2) is 22.7 Å². The molecular formula is C10H5BrClN. The summed E-state index contributed by atoms with van der Waals surface area (Å²) in [6.45, 7) is 0. The van der Waals surface area contributed by atoms with Crippen molar-refractivity contribution in [3.05, 3.63) is 33.3 Å². The van der Waals surface area contributed by atoms with Crippen molar-refractivity contribution in [2.24, 2.45) is 0 Å². The maximum absolute atomic E-state index is 8.27. The van der Waals surface area contributed by atoms with Crippen molar-refractivity contribution in [3.63, 3.8) is 0 Å². The predicted octanol–water partition coefficient (Wildman–Crippen LogP) is 3.37. The van der Waals surface area contributed by atoms with E-state index in [2.05, 4.69) is 27.8 Å². The Hall–Kier alpha value is -0.960. The molecule has 3 heteroatoms. The summed E-state index contributed by atoms with van der Waals surface area (Å²) in [4.78, 5) is 0. The third kappa shape index (κ3) is 3.11. The van der Waals surface area contributed by atoms with E-state index in [9.17, 15) is 0 Å². The number of nitriles is 1. The van der Waals surface area contributed by atoms with Crippen LogP contribution in [0.25, 0.3) is 0 Å². The van der Waals surface area contributed by atoms with Gasteiger partial charge in [-0.15, -0.1) is 0 Å². The molecule has 1 rings (SSSR count). The SMILES string of the molecule is N#CCC#Cc1ccc(Cl)cc1Br. The zero-order valence-electron chi connectivity index (χ0n) is 6.64. The molecule has 0 aliphatic heterocycles. The third-order valence-electron chi connectivity index (χ3n) is 1.32. The predicted molar refractivity (Wildman–Crippen MR) is 56.3 cm³/mol. The van der Waals surface area contributed by atoms with Crippen LogP contribution in [-0.4, -0.2) is 0 Å². The van der Waals surface area contributed by atoms with Crippen molar-refractivity contribution in [2.45, 2.75) is 6.42 Å². The van der Waals surface area contributed by atoms with Gasteiger partial charge in [0.1, 0.15) is 0 Å². The standard InChI is InChI=1S/C10H5BrClN/c11-10-7-9(12)5-4-8(10)3-1-2-6-13/h4-5,7H,2H2. The Bertz CT molecular complexity index is 409. The van der Waals surface area contributed by atoms with E-state index >= 15 is 0 Å². The lowest BCUT2D eigenvalue weighted by atomic mass is 10.2. The van der Waals surface area contributed by atoms with Crippen LogP contribution in [0, 0.1) is 23.2 Å². The first-order valence-corrected chi connectivity index (χ1v) is 4.72. The molecule has 0 aromatic heterocycles. The highest BCUT2D eigenvalue weighted by Crippen LogP contribution is 2.20. The summed E-state index contributed by atoms with van der Waals surface area (Å²) >= 11 is 9.08. The van der Waals surface area contributed by atoms with Gasteiger partial charge in [-0.25, -0.2) is 0 Å². The van der Waals surface area contributed by atoms with Crippen molar-refractivity contribution in [1.29, 1.82) is 5.26 Å². The highest BCUT2D eigenvalue weighted by atomic mass is 79.9. The fourth-order valence-corrected chi connectivity index (χ4v) is 1.55. The van der Waals surface area contributed by atoms with Crippen LogP contribution in [0.1, 0.15) is 12.0 Å². The zero-order valence-corrected chi connectivity index (χ0v) is 8.98. The summed E-state index contributed by atoms with van der Waals surface area (Å²) in [5.74, 6) is 5.59. The van der Waals surface area contributed by atoms with Gasteiger partial charge in [0.2, 0.25) is 0 Å². The van der Waals surface area contributed by atoms with E-state index < -0.39 is 0 Å². The smallest absolute Gasteiger partial charge is 0.0966 e. The fourth-order valence-electron chi connectivity index (χ4n) is 0.770. The Balaban J connectivity index is 2.93. The Labute approximate surface area is 90.5 Å². The van der Waals surface area contributed by atoms with E-state index in [1.165, 1.54) is 0 Å². The number of nitrogens with zero attached hydrogens (tertiary/aromatic N) is 1. The Morgan fingerprint density at radius 1 is 1.46 bits per heavy atom. The van der Waals surface area contributed by atoms with E-state index in [-0.39, 0.29) is 6.42 Å². The van der Waals surface area contributed by atoms with Gasteiger partial charge < -0.3 is 0 Å². The van der Waals surface area contributed by atoms with E-state index in [1.54, 1.807) is 12.1 Å². The summed E-state index contributed by atoms with van der Waals surface area (Å²) in [7, 11) is 0. The van der Waals surface area contributed by atoms with Crippen molar-refractivity contribution in [2.75, 3.05) is 0 Å². The molecule has 0 saturated heterocycles. The second kappa shape index (κ2) is 4.92. The van der Waals surface area contributed by atoms with Crippen LogP contribution in [0.3, 0.4) is 0 Å². The maximum atomic E-state index is 8.27. The lowest BCUT2D eigenvalue weighted by molar-refractivity contribution is 1.39. The van der Waals surface area contributed by atoms with Gasteiger partial charge in [0.15, 0.2) is 0 Å². The minimum Gasteiger partial charge on any atom is -0.197 e. The fraction of sp³-hybridized carbons (Fsp3) is 0.100. The van der Waals surface area contributed by atoms with Crippen LogP contribution in [0.2, 0.25) is 5.02 Å². The van der Waals surface area contributed by atoms with Gasteiger partial charge in [-0.3, -0.25) is 0 Å². The van der Waals surface area contributed by atoms with E-state index in [0.717, 1.165) is 10.0 Å². The number of rotatable bonds is 0. The molecule has 0 saturated carbocycles. The summed E-state index contributed by atoms with van der Waals surface area (Å²) < 4.78 is 0.852. The Morgan fingerprint density at radius 3 is 2.85 bits per heavy atom. The van der Waals surface area contributed by atoms with Crippen molar-refractivity contribution in [1.82, 2.24) is 0 Å². The average Bonchev–Trinajstić information content (AvgIpc) is 2.09. The Kier molecular flexibility index (Phi) is 3.83. The highest BCUT2D eigenvalue weighted by molar-refractivity contribution is 9.10. The number of halogens is 2. The van der Waals surface area contributed by atoms with Crippen LogP contribution in [-0.2, 0) is 0 Å². The van der Waals surface area contributed by atoms with E-state index in [1.807, 2.05) is 12.1 Å². The first kappa shape index (κ1) is 10.1. The molecular weight excluding hydrogens is 249 g/mol. The number of hydrogen-bond acceptors (Lipinski definition) is 1. The summed E-state index contributed by atoms with van der Waals surface area (Å²) in [5, 5.41) is 8.94. The van der Waals surface area contributed by atoms with E-state index in [0.29, 0.717) is 5.02 Å². The quantitative estimate of drug-likeness (QED) is 0.651. The van der Waals surface area contributed by atoms with Gasteiger partial charge in [0.25, 0.3) is 0 Å². The highest BCUT2D eigenvalue weighted by Gasteiger charge is 1.95. The molecule has 0 N–H and O–H groups in total. The number of benzene rings is 1. The van der Waals surface area contributed by atoms with Gasteiger partial charge in [-0.1, -0.05) is 23.4 Å². The monoisotopic (exact) mass is 253 g/mol. The largest absolute Gasteiger partial charge is 0.197 e. The molecule has 1 aromatic carbocycles. The molecule has 0 heterocycles. The van der Waals surface area contributed by atoms with Crippen LogP contribution >= 0.6 is 27.5 Å². The molecule has 0 unspecified atom stereocenters. The van der Waals surface area contributed by atoms with Crippen molar-refractivity contribution in [3.8, 4) is 17.9 Å². The van der Waals surface area contributed by atoms with Crippen molar-refractivity contribution >= 4 is 27.5 Å². The van der Waals surface area contributed by atoms with Gasteiger partial charge in [0, 0.05) is 15.1 Å². The van der Waals surface area contributed by atoms with Gasteiger partial charge in [-0.2, -0.15) is 5.26 Å². The molecule has 0 radical (unpaired) electrons. The second-order valence-corrected chi connectivity index (χ2v) is 3.55. The number of hydrogen-bond donors (Lipinski definition) is 0. The topological polar surface area (TPSA) is 23.8 Å². The van der Waals surface area contributed by atoms with E-state index in [4.69, 9.17) is 16.9 Å². The minimum atomic E-state index is 0.245. The average molecular weight is 255 g/mol. The molecule has 0 fully saturated rings. The van der Waals surface area contributed by atoms with Crippen LogP contribution < -0.4 is 0 Å². The Morgan fingerprint density at radius 2 is 2.23 bits per heavy atom. The summed E-state index contributed by atoms with van der Waals surface area (Å²) in [6.07, 6.45) is 0.245.